The van der Waals surface area contributed by atoms with Gasteiger partial charge in [-0.15, -0.1) is 11.3 Å². The van der Waals surface area contributed by atoms with E-state index < -0.39 is 11.9 Å². The lowest BCUT2D eigenvalue weighted by Crippen LogP contribution is -2.28. The van der Waals surface area contributed by atoms with Gasteiger partial charge in [0, 0.05) is 6.54 Å². The van der Waals surface area contributed by atoms with Gasteiger partial charge in [0.2, 0.25) is 0 Å². The number of hydrogen-bond acceptors (Lipinski definition) is 6. The summed E-state index contributed by atoms with van der Waals surface area (Å²) in [4.78, 5) is 43.9. The number of fused-ring (bicyclic) bond motifs is 1. The molecule has 0 fully saturated rings. The summed E-state index contributed by atoms with van der Waals surface area (Å²) in [6, 6.07) is 7.77. The van der Waals surface area contributed by atoms with E-state index in [0.717, 1.165) is 22.5 Å². The van der Waals surface area contributed by atoms with Crippen LogP contribution in [0.15, 0.2) is 29.1 Å². The van der Waals surface area contributed by atoms with E-state index in [-0.39, 0.29) is 17.0 Å². The van der Waals surface area contributed by atoms with Gasteiger partial charge in [0.25, 0.3) is 11.5 Å². The number of hydrogen-bond donors (Lipinski definition) is 2. The van der Waals surface area contributed by atoms with Gasteiger partial charge in [-0.3, -0.25) is 9.59 Å². The maximum absolute atomic E-state index is 12.3. The van der Waals surface area contributed by atoms with E-state index in [2.05, 4.69) is 15.3 Å². The maximum Gasteiger partial charge on any atom is 0.349 e. The van der Waals surface area contributed by atoms with Crippen molar-refractivity contribution in [2.24, 2.45) is 0 Å². The fraction of sp³-hybridized carbons (Fsp3) is 0.263. The zero-order valence-corrected chi connectivity index (χ0v) is 16.0. The van der Waals surface area contributed by atoms with E-state index in [1.165, 1.54) is 0 Å². The van der Waals surface area contributed by atoms with Crippen molar-refractivity contribution in [3.05, 3.63) is 62.0 Å². The monoisotopic (exact) mass is 385 g/mol. The zero-order valence-electron chi connectivity index (χ0n) is 15.2. The van der Waals surface area contributed by atoms with Crippen LogP contribution in [-0.4, -0.2) is 28.5 Å². The molecule has 0 aliphatic carbocycles. The molecular formula is C19H19N3O4S. The number of amides is 1. The smallest absolute Gasteiger partial charge is 0.349 e. The summed E-state index contributed by atoms with van der Waals surface area (Å²) in [6.07, 6.45) is 0. The Hall–Kier alpha value is -3.00. The molecule has 3 aromatic rings. The van der Waals surface area contributed by atoms with Gasteiger partial charge in [-0.05, 0) is 31.9 Å². The molecule has 140 valence electrons. The standard InChI is InChI=1S/C19H19N3O4S/c1-10-4-6-13(7-5-10)8-20-14(23)9-26-19(25)16-11(2)15-17(24)21-12(3)22-18(15)27-16/h4-7H,8-9H2,1-3H3,(H,20,23)(H,21,22,24). The van der Waals surface area contributed by atoms with Crippen LogP contribution in [0.25, 0.3) is 10.2 Å². The van der Waals surface area contributed by atoms with Gasteiger partial charge >= 0.3 is 5.97 Å². The van der Waals surface area contributed by atoms with Crippen LogP contribution in [0.1, 0.15) is 32.2 Å². The highest BCUT2D eigenvalue weighted by molar-refractivity contribution is 7.20. The Morgan fingerprint density at radius 3 is 2.59 bits per heavy atom. The number of nitrogens with one attached hydrogen (secondary N) is 2. The van der Waals surface area contributed by atoms with Crippen LogP contribution in [0.2, 0.25) is 0 Å². The van der Waals surface area contributed by atoms with Gasteiger partial charge in [0.15, 0.2) is 6.61 Å². The third-order valence-corrected chi connectivity index (χ3v) is 5.21. The van der Waals surface area contributed by atoms with E-state index in [4.69, 9.17) is 4.74 Å². The van der Waals surface area contributed by atoms with E-state index in [9.17, 15) is 14.4 Å². The van der Waals surface area contributed by atoms with Gasteiger partial charge in [-0.25, -0.2) is 9.78 Å². The Kier molecular flexibility index (Phi) is 5.36. The molecule has 2 N–H and O–H groups in total. The minimum absolute atomic E-state index is 0.278. The highest BCUT2D eigenvalue weighted by Crippen LogP contribution is 2.27. The quantitative estimate of drug-likeness (QED) is 0.657. The predicted octanol–water partition coefficient (Wildman–Crippen LogP) is 2.38. The zero-order chi connectivity index (χ0) is 19.6. The van der Waals surface area contributed by atoms with E-state index >= 15 is 0 Å². The molecule has 0 saturated heterocycles. The molecule has 2 aromatic heterocycles. The first-order valence-corrected chi connectivity index (χ1v) is 9.16. The number of nitrogens with zero attached hydrogens (tertiary/aromatic N) is 1. The topological polar surface area (TPSA) is 101 Å². The van der Waals surface area contributed by atoms with Crippen molar-refractivity contribution in [2.75, 3.05) is 6.61 Å². The van der Waals surface area contributed by atoms with Crippen LogP contribution in [0.3, 0.4) is 0 Å². The van der Waals surface area contributed by atoms with Crippen molar-refractivity contribution in [1.29, 1.82) is 0 Å². The lowest BCUT2D eigenvalue weighted by molar-refractivity contribution is -0.124. The highest BCUT2D eigenvalue weighted by atomic mass is 32.1. The highest BCUT2D eigenvalue weighted by Gasteiger charge is 2.20. The number of aromatic amines is 1. The van der Waals surface area contributed by atoms with Gasteiger partial charge in [-0.1, -0.05) is 29.8 Å². The number of H-pyrrole nitrogens is 1. The number of benzene rings is 1. The maximum atomic E-state index is 12.3. The molecular weight excluding hydrogens is 366 g/mol. The second-order valence-electron chi connectivity index (χ2n) is 6.23. The van der Waals surface area contributed by atoms with Crippen LogP contribution in [0.4, 0.5) is 0 Å². The van der Waals surface area contributed by atoms with Crippen LogP contribution in [0.5, 0.6) is 0 Å². The summed E-state index contributed by atoms with van der Waals surface area (Å²) < 4.78 is 5.10. The molecule has 8 heteroatoms. The largest absolute Gasteiger partial charge is 0.451 e. The molecule has 0 radical (unpaired) electrons. The summed E-state index contributed by atoms with van der Waals surface area (Å²) in [5.74, 6) is -0.559. The Balaban J connectivity index is 1.62. The minimum atomic E-state index is -0.641. The molecule has 1 amide bonds. The number of carbonyl (C=O) groups excluding carboxylic acids is 2. The average Bonchev–Trinajstić information content (AvgIpc) is 2.95. The lowest BCUT2D eigenvalue weighted by atomic mass is 10.1. The van der Waals surface area contributed by atoms with E-state index in [1.54, 1.807) is 13.8 Å². The summed E-state index contributed by atoms with van der Waals surface area (Å²) >= 11 is 1.09. The van der Waals surface area contributed by atoms with Crippen LogP contribution in [0, 0.1) is 20.8 Å². The molecule has 0 atom stereocenters. The second-order valence-corrected chi connectivity index (χ2v) is 7.23. The fourth-order valence-electron chi connectivity index (χ4n) is 2.60. The Labute approximate surface area is 159 Å². The molecule has 27 heavy (non-hydrogen) atoms. The molecule has 0 aliphatic rings. The molecule has 2 heterocycles. The van der Waals surface area contributed by atoms with Gasteiger partial charge in [-0.2, -0.15) is 0 Å². The third kappa shape index (κ3) is 4.22. The SMILES string of the molecule is Cc1ccc(CNC(=O)COC(=O)c2sc3nc(C)[nH]c(=O)c3c2C)cc1. The Bertz CT molecular complexity index is 1070. The first-order chi connectivity index (χ1) is 12.8. The first kappa shape index (κ1) is 18.8. The lowest BCUT2D eigenvalue weighted by Gasteiger charge is -2.07. The molecule has 7 nitrogen and oxygen atoms in total. The average molecular weight is 385 g/mol. The minimum Gasteiger partial charge on any atom is -0.451 e. The number of carbonyl (C=O) groups is 2. The van der Waals surface area contributed by atoms with Crippen LogP contribution < -0.4 is 10.9 Å². The second kappa shape index (κ2) is 7.71. The van der Waals surface area contributed by atoms with E-state index in [1.807, 2.05) is 31.2 Å². The summed E-state index contributed by atoms with van der Waals surface area (Å²) in [5, 5.41) is 3.08. The molecule has 0 spiro atoms. The number of aromatic nitrogens is 2. The Morgan fingerprint density at radius 1 is 1.19 bits per heavy atom. The van der Waals surface area contributed by atoms with Gasteiger partial charge < -0.3 is 15.0 Å². The van der Waals surface area contributed by atoms with Crippen LogP contribution in [-0.2, 0) is 16.1 Å². The number of rotatable bonds is 5. The first-order valence-electron chi connectivity index (χ1n) is 8.34. The summed E-state index contributed by atoms with van der Waals surface area (Å²) in [5.41, 5.74) is 2.32. The van der Waals surface area contributed by atoms with Crippen molar-refractivity contribution in [3.8, 4) is 0 Å². The number of esters is 1. The van der Waals surface area contributed by atoms with Gasteiger partial charge in [0.05, 0.1) is 5.39 Å². The van der Waals surface area contributed by atoms with Gasteiger partial charge in [0.1, 0.15) is 15.5 Å². The molecule has 0 aliphatic heterocycles. The molecule has 0 saturated carbocycles. The molecule has 1 aromatic carbocycles. The van der Waals surface area contributed by atoms with Crippen molar-refractivity contribution < 1.29 is 14.3 Å². The number of thiophene rings is 1. The van der Waals surface area contributed by atoms with Crippen molar-refractivity contribution >= 4 is 33.4 Å². The van der Waals surface area contributed by atoms with Crippen molar-refractivity contribution in [1.82, 2.24) is 15.3 Å². The molecule has 3 rings (SSSR count). The molecule has 0 bridgehead atoms. The normalized spacial score (nSPS) is 10.8. The Morgan fingerprint density at radius 2 is 1.89 bits per heavy atom. The third-order valence-electron chi connectivity index (χ3n) is 4.05. The number of aryl methyl sites for hydroxylation is 3. The van der Waals surface area contributed by atoms with E-state index in [0.29, 0.717) is 28.1 Å². The number of ether oxygens (including phenoxy) is 1. The fourth-order valence-corrected chi connectivity index (χ4v) is 3.72. The van der Waals surface area contributed by atoms with Crippen molar-refractivity contribution in [3.63, 3.8) is 0 Å². The molecule has 0 unspecified atom stereocenters. The van der Waals surface area contributed by atoms with Crippen molar-refractivity contribution in [2.45, 2.75) is 27.3 Å². The predicted molar refractivity (Wildman–Crippen MR) is 103 cm³/mol. The van der Waals surface area contributed by atoms with Crippen LogP contribution >= 0.6 is 11.3 Å². The summed E-state index contributed by atoms with van der Waals surface area (Å²) in [7, 11) is 0. The summed E-state index contributed by atoms with van der Waals surface area (Å²) in [6.45, 7) is 5.30.